The monoisotopic (exact) mass is 263 g/mol. The predicted octanol–water partition coefficient (Wildman–Crippen LogP) is 0.888. The van der Waals surface area contributed by atoms with Crippen molar-refractivity contribution in [3.8, 4) is 0 Å². The highest BCUT2D eigenvalue weighted by molar-refractivity contribution is 5.95. The Labute approximate surface area is 113 Å². The van der Waals surface area contributed by atoms with Crippen molar-refractivity contribution in [1.82, 2.24) is 15.6 Å². The summed E-state index contributed by atoms with van der Waals surface area (Å²) in [6, 6.07) is 3.55. The molecule has 1 aromatic rings. The van der Waals surface area contributed by atoms with E-state index in [2.05, 4.69) is 15.6 Å². The molecule has 0 atom stereocenters. The Morgan fingerprint density at radius 3 is 3.05 bits per heavy atom. The van der Waals surface area contributed by atoms with Crippen LogP contribution < -0.4 is 10.6 Å². The van der Waals surface area contributed by atoms with Gasteiger partial charge in [0.15, 0.2) is 0 Å². The summed E-state index contributed by atoms with van der Waals surface area (Å²) in [5.41, 5.74) is 1.38. The molecule has 0 spiro atoms. The zero-order valence-electron chi connectivity index (χ0n) is 11.3. The number of aromatic nitrogens is 1. The number of aryl methyl sites for hydroxylation is 1. The molecular weight excluding hydrogens is 242 g/mol. The van der Waals surface area contributed by atoms with Gasteiger partial charge in [-0.2, -0.15) is 0 Å². The largest absolute Gasteiger partial charge is 0.376 e. The molecule has 1 amide bonds. The molecule has 5 heteroatoms. The molecule has 1 saturated heterocycles. The predicted molar refractivity (Wildman–Crippen MR) is 73.2 cm³/mol. The molecule has 104 valence electrons. The fourth-order valence-electron chi connectivity index (χ4n) is 2.17. The minimum absolute atomic E-state index is 0.0838. The number of piperidine rings is 1. The maximum Gasteiger partial charge on any atom is 0.253 e. The number of nitrogens with one attached hydrogen (secondary N) is 2. The highest BCUT2D eigenvalue weighted by atomic mass is 16.5. The van der Waals surface area contributed by atoms with E-state index in [0.717, 1.165) is 31.6 Å². The average Bonchev–Trinajstić information content (AvgIpc) is 2.45. The molecule has 2 N–H and O–H groups in total. The van der Waals surface area contributed by atoms with Crippen LogP contribution in [0.25, 0.3) is 0 Å². The van der Waals surface area contributed by atoms with E-state index in [9.17, 15) is 4.79 Å². The van der Waals surface area contributed by atoms with Gasteiger partial charge in [-0.1, -0.05) is 0 Å². The summed E-state index contributed by atoms with van der Waals surface area (Å²) < 4.78 is 5.73. The Bertz CT molecular complexity index is 417. The van der Waals surface area contributed by atoms with Crippen molar-refractivity contribution in [1.29, 1.82) is 0 Å². The number of carbonyl (C=O) groups excluding carboxylic acids is 1. The van der Waals surface area contributed by atoms with Gasteiger partial charge in [-0.25, -0.2) is 0 Å². The molecule has 0 aromatic carbocycles. The Hall–Kier alpha value is -1.46. The van der Waals surface area contributed by atoms with Crippen LogP contribution in [0.5, 0.6) is 0 Å². The zero-order valence-corrected chi connectivity index (χ0v) is 11.3. The van der Waals surface area contributed by atoms with Crippen molar-refractivity contribution < 1.29 is 9.53 Å². The third-order valence-corrected chi connectivity index (χ3v) is 3.28. The van der Waals surface area contributed by atoms with Crippen molar-refractivity contribution in [2.45, 2.75) is 25.9 Å². The number of carbonyl (C=O) groups is 1. The van der Waals surface area contributed by atoms with E-state index in [1.165, 1.54) is 0 Å². The van der Waals surface area contributed by atoms with Crippen LogP contribution in [0.4, 0.5) is 0 Å². The molecule has 2 heterocycles. The molecule has 0 radical (unpaired) electrons. The number of hydrogen-bond acceptors (Lipinski definition) is 4. The minimum atomic E-state index is -0.0838. The molecule has 1 aliphatic heterocycles. The summed E-state index contributed by atoms with van der Waals surface area (Å²) in [4.78, 5) is 16.0. The molecule has 1 aliphatic rings. The first-order valence-corrected chi connectivity index (χ1v) is 6.79. The topological polar surface area (TPSA) is 63.2 Å². The Morgan fingerprint density at radius 1 is 1.53 bits per heavy atom. The van der Waals surface area contributed by atoms with E-state index >= 15 is 0 Å². The van der Waals surface area contributed by atoms with Gasteiger partial charge in [0.05, 0.1) is 18.3 Å². The summed E-state index contributed by atoms with van der Waals surface area (Å²) in [7, 11) is 0. The van der Waals surface area contributed by atoms with Crippen LogP contribution in [0.3, 0.4) is 0 Å². The van der Waals surface area contributed by atoms with E-state index < -0.39 is 0 Å². The highest BCUT2D eigenvalue weighted by Gasteiger charge is 2.13. The number of amides is 1. The molecule has 1 aromatic heterocycles. The van der Waals surface area contributed by atoms with Crippen molar-refractivity contribution in [3.63, 3.8) is 0 Å². The van der Waals surface area contributed by atoms with Crippen LogP contribution in [0, 0.1) is 6.92 Å². The summed E-state index contributed by atoms with van der Waals surface area (Å²) >= 11 is 0. The molecule has 1 fully saturated rings. The van der Waals surface area contributed by atoms with Gasteiger partial charge in [0.2, 0.25) is 0 Å². The molecule has 0 saturated carbocycles. The SMILES string of the molecule is Cc1ncccc1C(=O)NCCOC1CCNCC1. The Balaban J connectivity index is 1.68. The van der Waals surface area contributed by atoms with Gasteiger partial charge < -0.3 is 15.4 Å². The summed E-state index contributed by atoms with van der Waals surface area (Å²) in [5, 5.41) is 6.15. The zero-order chi connectivity index (χ0) is 13.5. The lowest BCUT2D eigenvalue weighted by molar-refractivity contribution is 0.0343. The lowest BCUT2D eigenvalue weighted by Gasteiger charge is -2.22. The van der Waals surface area contributed by atoms with Crippen LogP contribution in [-0.4, -0.2) is 43.2 Å². The Kier molecular flexibility index (Phi) is 5.30. The number of hydrogen-bond donors (Lipinski definition) is 2. The number of pyridine rings is 1. The van der Waals surface area contributed by atoms with Crippen molar-refractivity contribution >= 4 is 5.91 Å². The van der Waals surface area contributed by atoms with Crippen LogP contribution >= 0.6 is 0 Å². The first kappa shape index (κ1) is 14.0. The standard InChI is InChI=1S/C14H21N3O2/c1-11-13(3-2-6-16-11)14(18)17-9-10-19-12-4-7-15-8-5-12/h2-3,6,12,15H,4-5,7-10H2,1H3,(H,17,18). The fraction of sp³-hybridized carbons (Fsp3) is 0.571. The number of nitrogens with zero attached hydrogens (tertiary/aromatic N) is 1. The van der Waals surface area contributed by atoms with Gasteiger partial charge in [0.1, 0.15) is 0 Å². The Morgan fingerprint density at radius 2 is 2.32 bits per heavy atom. The first-order chi connectivity index (χ1) is 9.27. The van der Waals surface area contributed by atoms with Gasteiger partial charge in [0.25, 0.3) is 5.91 Å². The van der Waals surface area contributed by atoms with E-state index in [-0.39, 0.29) is 5.91 Å². The van der Waals surface area contributed by atoms with E-state index in [0.29, 0.717) is 24.8 Å². The second kappa shape index (κ2) is 7.21. The number of rotatable bonds is 5. The first-order valence-electron chi connectivity index (χ1n) is 6.79. The molecule has 5 nitrogen and oxygen atoms in total. The van der Waals surface area contributed by atoms with Gasteiger partial charge in [0, 0.05) is 18.4 Å². The second-order valence-electron chi connectivity index (χ2n) is 4.71. The van der Waals surface area contributed by atoms with Gasteiger partial charge in [-0.15, -0.1) is 0 Å². The molecule has 0 aliphatic carbocycles. The normalized spacial score (nSPS) is 16.3. The summed E-state index contributed by atoms with van der Waals surface area (Å²) in [6.07, 6.45) is 4.12. The van der Waals surface area contributed by atoms with Gasteiger partial charge in [-0.05, 0) is 45.0 Å². The maximum absolute atomic E-state index is 11.9. The third-order valence-electron chi connectivity index (χ3n) is 3.28. The van der Waals surface area contributed by atoms with Crippen molar-refractivity contribution in [2.75, 3.05) is 26.2 Å². The smallest absolute Gasteiger partial charge is 0.253 e. The molecular formula is C14H21N3O2. The quantitative estimate of drug-likeness (QED) is 0.774. The molecule has 19 heavy (non-hydrogen) atoms. The van der Waals surface area contributed by atoms with Gasteiger partial charge in [-0.3, -0.25) is 9.78 Å². The van der Waals surface area contributed by atoms with Crippen LogP contribution in [0.15, 0.2) is 18.3 Å². The lowest BCUT2D eigenvalue weighted by atomic mass is 10.1. The van der Waals surface area contributed by atoms with Crippen molar-refractivity contribution in [3.05, 3.63) is 29.6 Å². The third kappa shape index (κ3) is 4.29. The second-order valence-corrected chi connectivity index (χ2v) is 4.71. The van der Waals surface area contributed by atoms with Crippen LogP contribution in [0.1, 0.15) is 28.9 Å². The van der Waals surface area contributed by atoms with Crippen LogP contribution in [-0.2, 0) is 4.74 Å². The molecule has 0 unspecified atom stereocenters. The summed E-state index contributed by atoms with van der Waals surface area (Å²) in [6.45, 7) is 4.98. The highest BCUT2D eigenvalue weighted by Crippen LogP contribution is 2.06. The minimum Gasteiger partial charge on any atom is -0.376 e. The van der Waals surface area contributed by atoms with Gasteiger partial charge >= 0.3 is 0 Å². The average molecular weight is 263 g/mol. The number of ether oxygens (including phenoxy) is 1. The van der Waals surface area contributed by atoms with E-state index in [4.69, 9.17) is 4.74 Å². The fourth-order valence-corrected chi connectivity index (χ4v) is 2.17. The molecule has 0 bridgehead atoms. The van der Waals surface area contributed by atoms with Crippen molar-refractivity contribution in [2.24, 2.45) is 0 Å². The van der Waals surface area contributed by atoms with E-state index in [1.54, 1.807) is 18.3 Å². The van der Waals surface area contributed by atoms with E-state index in [1.807, 2.05) is 6.92 Å². The maximum atomic E-state index is 11.9. The molecule has 2 rings (SSSR count). The summed E-state index contributed by atoms with van der Waals surface area (Å²) in [5.74, 6) is -0.0838. The van der Waals surface area contributed by atoms with Crippen LogP contribution in [0.2, 0.25) is 0 Å². The lowest BCUT2D eigenvalue weighted by Crippen LogP contribution is -2.35.